The second kappa shape index (κ2) is 17.1. The molecule has 6 N–H and O–H groups in total. The second-order valence-electron chi connectivity index (χ2n) is 16.1. The van der Waals surface area contributed by atoms with Crippen molar-refractivity contribution in [3.63, 3.8) is 0 Å². The van der Waals surface area contributed by atoms with Crippen LogP contribution in [0.4, 0.5) is 11.4 Å². The molecule has 64 heavy (non-hydrogen) atoms. The maximum Gasteiger partial charge on any atom is 0.304 e. The molecule has 4 aromatic rings. The summed E-state index contributed by atoms with van der Waals surface area (Å²) in [6, 6.07) is 4.62. The molecule has 4 heterocycles. The van der Waals surface area contributed by atoms with E-state index in [1.165, 1.54) is 12.1 Å². The van der Waals surface area contributed by atoms with Crippen LogP contribution >= 0.6 is 22.7 Å². The molecule has 348 valence electrons. The minimum atomic E-state index is -4.96. The van der Waals surface area contributed by atoms with Gasteiger partial charge in [-0.15, -0.1) is 22.7 Å². The third-order valence-electron chi connectivity index (χ3n) is 11.0. The molecule has 0 aliphatic carbocycles. The number of carboxylic acid groups (broad SMARTS) is 1. The molecule has 0 spiro atoms. The van der Waals surface area contributed by atoms with Gasteiger partial charge in [0.2, 0.25) is 5.69 Å². The highest BCUT2D eigenvalue weighted by Crippen LogP contribution is 2.54. The van der Waals surface area contributed by atoms with Gasteiger partial charge in [-0.05, 0) is 62.6 Å². The van der Waals surface area contributed by atoms with Gasteiger partial charge in [-0.1, -0.05) is 38.5 Å². The standard InChI is InChI=1S/C38H42N2O17S7/c1-37(2)24-20-26(61(46,47)48)35-22(18-31(58-35)63(52,53)54)33(24)39(15-10-6-9-14-30(41)42)28(37)12-7-5-8-13-29-38(3,4)25-21-27(62(49,50)51)36-23(19-32(59-36)64(55,56)57)34(25)40(29)16-11-17-60(43,44)45/h5,7-8,12-13,18-21H,6,9-11,14-17H2,1-4H3,(H5-,41,42,43,44,45,46,47,48,49,50,51,52,53,54,55,56,57)/p+1. The molecule has 6 rings (SSSR count). The molecule has 0 radical (unpaired) electrons. The van der Waals surface area contributed by atoms with Crippen LogP contribution in [-0.2, 0) is 66.2 Å². The highest BCUT2D eigenvalue weighted by Gasteiger charge is 2.48. The fourth-order valence-electron chi connectivity index (χ4n) is 8.19. The van der Waals surface area contributed by atoms with E-state index in [0.717, 1.165) is 12.1 Å². The monoisotopic (exact) mass is 1020 g/mol. The van der Waals surface area contributed by atoms with E-state index in [2.05, 4.69) is 0 Å². The van der Waals surface area contributed by atoms with Gasteiger partial charge >= 0.3 is 26.2 Å². The average Bonchev–Trinajstić information content (AvgIpc) is 3.87. The number of benzene rings is 2. The number of anilines is 1. The molecule has 0 amide bonds. The lowest BCUT2D eigenvalue weighted by Gasteiger charge is -2.27. The van der Waals surface area contributed by atoms with Crippen molar-refractivity contribution in [2.24, 2.45) is 0 Å². The summed E-state index contributed by atoms with van der Waals surface area (Å²) in [5.74, 6) is -1.63. The van der Waals surface area contributed by atoms with Crippen LogP contribution in [0.2, 0.25) is 0 Å². The van der Waals surface area contributed by atoms with Crippen LogP contribution in [0.25, 0.3) is 20.2 Å². The Kier molecular flexibility index (Phi) is 13.2. The van der Waals surface area contributed by atoms with E-state index in [0.29, 0.717) is 70.2 Å². The number of rotatable bonds is 17. The molecule has 2 aliphatic heterocycles. The lowest BCUT2D eigenvalue weighted by molar-refractivity contribution is -0.435. The van der Waals surface area contributed by atoms with E-state index in [-0.39, 0.29) is 51.8 Å². The molecule has 0 fully saturated rings. The molecule has 0 saturated heterocycles. The van der Waals surface area contributed by atoms with E-state index >= 15 is 0 Å². The summed E-state index contributed by atoms with van der Waals surface area (Å²) >= 11 is 0.873. The topological polar surface area (TPSA) is 315 Å². The molecule has 0 bridgehead atoms. The number of allylic oxidation sites excluding steroid dienone is 6. The first-order valence-electron chi connectivity index (χ1n) is 19.0. The zero-order valence-electron chi connectivity index (χ0n) is 34.3. The normalized spacial score (nSPS) is 17.5. The SMILES string of the molecule is CC1(C)C(/C=C/C=C/C=C2/N(CCCCCC(=O)O)c3c(cc(S(=O)(=O)O)c4sc(S(=O)(=O)O)cc34)C2(C)C)=[N+](CCCS(=O)(=O)O)c2c1cc(S(=O)(=O)O)c1sc(S(=O)(=O)O)cc21. The van der Waals surface area contributed by atoms with Crippen LogP contribution in [0, 0.1) is 0 Å². The zero-order valence-corrected chi connectivity index (χ0v) is 40.0. The number of carbonyl (C=O) groups is 1. The van der Waals surface area contributed by atoms with Crippen molar-refractivity contribution in [1.29, 1.82) is 0 Å². The van der Waals surface area contributed by atoms with E-state index in [9.17, 15) is 69.6 Å². The van der Waals surface area contributed by atoms with Gasteiger partial charge in [0.15, 0.2) is 5.71 Å². The minimum Gasteiger partial charge on any atom is -0.481 e. The van der Waals surface area contributed by atoms with Gasteiger partial charge in [-0.25, -0.2) is 0 Å². The largest absolute Gasteiger partial charge is 0.481 e. The third-order valence-corrected chi connectivity index (χ3v) is 18.8. The Bertz CT molecular complexity index is 3340. The van der Waals surface area contributed by atoms with Crippen molar-refractivity contribution >= 4 is 116 Å². The summed E-state index contributed by atoms with van der Waals surface area (Å²) in [6.45, 7) is 7.15. The fraction of sp³-hybridized carbons (Fsp3) is 0.368. The van der Waals surface area contributed by atoms with Gasteiger partial charge in [0.05, 0.1) is 31.6 Å². The molecule has 26 heteroatoms. The Morgan fingerprint density at radius 1 is 0.672 bits per heavy atom. The van der Waals surface area contributed by atoms with Gasteiger partial charge in [-0.2, -0.15) is 46.7 Å². The number of unbranched alkanes of at least 4 members (excludes halogenated alkanes) is 2. The zero-order chi connectivity index (χ0) is 47.7. The van der Waals surface area contributed by atoms with Crippen molar-refractivity contribution in [1.82, 2.24) is 0 Å². The summed E-state index contributed by atoms with van der Waals surface area (Å²) in [6.07, 6.45) is 9.26. The van der Waals surface area contributed by atoms with Crippen LogP contribution in [-0.4, -0.2) is 105 Å². The molecule has 0 saturated carbocycles. The summed E-state index contributed by atoms with van der Waals surface area (Å²) in [5.41, 5.74) is 0.301. The van der Waals surface area contributed by atoms with E-state index < -0.39 is 91.4 Å². The van der Waals surface area contributed by atoms with Crippen molar-refractivity contribution < 1.29 is 79.3 Å². The number of thiophene rings is 2. The smallest absolute Gasteiger partial charge is 0.304 e. The predicted molar refractivity (Wildman–Crippen MR) is 240 cm³/mol. The van der Waals surface area contributed by atoms with Crippen molar-refractivity contribution in [2.45, 2.75) is 88.8 Å². The Morgan fingerprint density at radius 2 is 1.22 bits per heavy atom. The van der Waals surface area contributed by atoms with Crippen LogP contribution < -0.4 is 4.90 Å². The molecular weight excluding hydrogens is 981 g/mol. The van der Waals surface area contributed by atoms with Gasteiger partial charge in [0.25, 0.3) is 30.4 Å². The van der Waals surface area contributed by atoms with Crippen molar-refractivity contribution in [2.75, 3.05) is 23.7 Å². The number of hydrogen-bond acceptors (Lipinski definition) is 14. The summed E-state index contributed by atoms with van der Waals surface area (Å²) < 4.78 is 173. The number of aliphatic carboxylic acids is 1. The summed E-state index contributed by atoms with van der Waals surface area (Å²) in [4.78, 5) is 11.8. The van der Waals surface area contributed by atoms with Crippen LogP contribution in [0.5, 0.6) is 0 Å². The van der Waals surface area contributed by atoms with Gasteiger partial charge in [0, 0.05) is 47.5 Å². The first-order valence-corrected chi connectivity index (χ1v) is 28.0. The fourth-order valence-corrected chi connectivity index (χ4v) is 14.3. The lowest BCUT2D eigenvalue weighted by atomic mass is 9.81. The van der Waals surface area contributed by atoms with Crippen molar-refractivity contribution in [3.8, 4) is 0 Å². The predicted octanol–water partition coefficient (Wildman–Crippen LogP) is 6.20. The third kappa shape index (κ3) is 9.78. The lowest BCUT2D eigenvalue weighted by Crippen LogP contribution is -2.28. The van der Waals surface area contributed by atoms with Gasteiger partial charge in [-0.3, -0.25) is 27.6 Å². The van der Waals surface area contributed by atoms with Crippen LogP contribution in [0.1, 0.15) is 70.9 Å². The van der Waals surface area contributed by atoms with Crippen molar-refractivity contribution in [3.05, 3.63) is 71.5 Å². The molecular formula is C38H43N2O17S7+. The van der Waals surface area contributed by atoms with E-state index in [1.54, 1.807) is 62.7 Å². The number of nitrogens with zero attached hydrogens (tertiary/aromatic N) is 2. The average molecular weight is 1020 g/mol. The van der Waals surface area contributed by atoms with Crippen LogP contribution in [0.15, 0.2) is 78.6 Å². The number of carboxylic acids is 1. The minimum absolute atomic E-state index is 0.0260. The van der Waals surface area contributed by atoms with E-state index in [4.69, 9.17) is 5.11 Å². The molecule has 0 atom stereocenters. The quantitative estimate of drug-likeness (QED) is 0.0297. The summed E-state index contributed by atoms with van der Waals surface area (Å²) in [7, 11) is -24.0. The number of hydrogen-bond donors (Lipinski definition) is 6. The number of fused-ring (bicyclic) bond motifs is 6. The Balaban J connectivity index is 1.49. The van der Waals surface area contributed by atoms with Gasteiger partial charge in [0.1, 0.15) is 24.8 Å². The second-order valence-corrected chi connectivity index (χ2v) is 25.9. The molecule has 2 aliphatic rings. The summed E-state index contributed by atoms with van der Waals surface area (Å²) in [5, 5.41) is 9.31. The first kappa shape index (κ1) is 49.5. The molecule has 19 nitrogen and oxygen atoms in total. The molecule has 2 aromatic carbocycles. The van der Waals surface area contributed by atoms with E-state index in [1.807, 2.05) is 4.90 Å². The highest BCUT2D eigenvalue weighted by molar-refractivity contribution is 7.89. The first-order chi connectivity index (χ1) is 29.3. The Hall–Kier alpha value is -3.93. The molecule has 2 aromatic heterocycles. The van der Waals surface area contributed by atoms with Gasteiger partial charge < -0.3 is 10.0 Å². The van der Waals surface area contributed by atoms with Crippen LogP contribution in [0.3, 0.4) is 0 Å². The Labute approximate surface area is 377 Å². The highest BCUT2D eigenvalue weighted by atomic mass is 32.3. The molecule has 0 unspecified atom stereocenters. The maximum absolute atomic E-state index is 12.7. The maximum atomic E-state index is 12.7. The Morgan fingerprint density at radius 3 is 1.75 bits per heavy atom.